The van der Waals surface area contributed by atoms with Crippen LogP contribution in [0.2, 0.25) is 0 Å². The maximum Gasteiger partial charge on any atom is 0.320 e. The smallest absolute Gasteiger partial charge is 0.320 e. The van der Waals surface area contributed by atoms with Crippen LogP contribution in [-0.2, 0) is 4.79 Å². The van der Waals surface area contributed by atoms with E-state index in [2.05, 4.69) is 30.8 Å². The van der Waals surface area contributed by atoms with Crippen molar-refractivity contribution in [1.29, 1.82) is 0 Å². The fourth-order valence-corrected chi connectivity index (χ4v) is 4.31. The molecule has 1 fully saturated rings. The van der Waals surface area contributed by atoms with Crippen molar-refractivity contribution in [2.45, 2.75) is 39.3 Å². The number of carbonyl (C=O) groups is 2. The molecule has 2 amide bonds. The van der Waals surface area contributed by atoms with Crippen LogP contribution in [-0.4, -0.2) is 50.6 Å². The number of alkyl halides is 2. The number of aryl methyl sites for hydroxylation is 1. The van der Waals surface area contributed by atoms with E-state index >= 15 is 0 Å². The minimum Gasteiger partial charge on any atom is -0.363 e. The molecule has 1 saturated carbocycles. The van der Waals surface area contributed by atoms with E-state index in [0.717, 1.165) is 17.4 Å². The number of fused-ring (bicyclic) bond motifs is 3. The number of hydrogen-bond donors (Lipinski definition) is 3. The molecule has 3 N–H and O–H groups in total. The predicted octanol–water partition coefficient (Wildman–Crippen LogP) is 3.40. The first kappa shape index (κ1) is 20.1. The lowest BCUT2D eigenvalue weighted by Crippen LogP contribution is -2.28. The third-order valence-corrected chi connectivity index (χ3v) is 6.39. The molecular weight excluding hydrogens is 472 g/mol. The number of halogens is 2. The molecule has 11 nitrogen and oxygen atoms in total. The molecule has 2 aliphatic rings. The maximum absolute atomic E-state index is 14.0. The zero-order chi connectivity index (χ0) is 28.2. The highest BCUT2D eigenvalue weighted by atomic mass is 19.3. The van der Waals surface area contributed by atoms with Crippen LogP contribution in [0.3, 0.4) is 0 Å². The van der Waals surface area contributed by atoms with E-state index in [4.69, 9.17) is 4.11 Å². The van der Waals surface area contributed by atoms with Gasteiger partial charge in [-0.1, -0.05) is 0 Å². The second-order valence-electron chi connectivity index (χ2n) is 8.72. The van der Waals surface area contributed by atoms with Crippen LogP contribution in [0.25, 0.3) is 11.3 Å². The number of amides is 2. The third-order valence-electron chi connectivity index (χ3n) is 6.39. The molecule has 0 spiro atoms. The first-order valence-electron chi connectivity index (χ1n) is 12.7. The summed E-state index contributed by atoms with van der Waals surface area (Å²) in [4.78, 5) is 35.6. The summed E-state index contributed by atoms with van der Waals surface area (Å²) in [6.07, 6.45) is 2.93. The summed E-state index contributed by atoms with van der Waals surface area (Å²) in [5, 5.41) is 15.2. The normalized spacial score (nSPS) is 18.0. The van der Waals surface area contributed by atoms with Crippen LogP contribution in [0, 0.1) is 12.8 Å². The Kier molecular flexibility index (Phi) is 4.91. The first-order chi connectivity index (χ1) is 18.4. The van der Waals surface area contributed by atoms with E-state index in [1.54, 1.807) is 13.1 Å². The summed E-state index contributed by atoms with van der Waals surface area (Å²) in [6.45, 7) is -2.30. The average molecular weight is 501 g/mol. The van der Waals surface area contributed by atoms with Gasteiger partial charge in [0.1, 0.15) is 5.82 Å². The molecule has 0 bridgehead atoms. The van der Waals surface area contributed by atoms with Crippen molar-refractivity contribution in [2.75, 3.05) is 29.6 Å². The molecule has 0 unspecified atom stereocenters. The lowest BCUT2D eigenvalue weighted by atomic mass is 9.98. The Bertz CT molecular complexity index is 1470. The van der Waals surface area contributed by atoms with Gasteiger partial charge in [-0.05, 0) is 32.8 Å². The lowest BCUT2D eigenvalue weighted by molar-refractivity contribution is -0.117. The number of rotatable bonds is 6. The molecule has 1 aliphatic heterocycles. The molecule has 188 valence electrons. The van der Waals surface area contributed by atoms with Gasteiger partial charge in [-0.2, -0.15) is 8.78 Å². The molecule has 5 rings (SSSR count). The Morgan fingerprint density at radius 2 is 2.06 bits per heavy atom. The Morgan fingerprint density at radius 3 is 2.75 bits per heavy atom. The largest absolute Gasteiger partial charge is 0.363 e. The zero-order valence-corrected chi connectivity index (χ0v) is 19.6. The van der Waals surface area contributed by atoms with E-state index in [0.29, 0.717) is 16.9 Å². The monoisotopic (exact) mass is 500 g/mol. The highest BCUT2D eigenvalue weighted by Gasteiger charge is 2.35. The number of hydrogen-bond acceptors (Lipinski definition) is 8. The Morgan fingerprint density at radius 1 is 1.28 bits per heavy atom. The summed E-state index contributed by atoms with van der Waals surface area (Å²) in [6, 6.07) is 2.53. The summed E-state index contributed by atoms with van der Waals surface area (Å²) >= 11 is 0. The molecule has 4 heterocycles. The van der Waals surface area contributed by atoms with Crippen molar-refractivity contribution in [3.8, 4) is 11.3 Å². The van der Waals surface area contributed by atoms with Crippen LogP contribution < -0.4 is 20.9 Å². The summed E-state index contributed by atoms with van der Waals surface area (Å²) in [5.74, 6) is -1.03. The second kappa shape index (κ2) is 8.81. The Hall–Kier alpha value is -4.16. The fourth-order valence-electron chi connectivity index (χ4n) is 4.31. The minimum absolute atomic E-state index is 0.00384. The van der Waals surface area contributed by atoms with Gasteiger partial charge in [-0.3, -0.25) is 14.2 Å². The number of nitrogens with zero attached hydrogens (tertiary/aromatic N) is 6. The molecule has 3 aromatic rings. The van der Waals surface area contributed by atoms with Crippen LogP contribution in [0.15, 0.2) is 18.3 Å². The number of imidazole rings is 1. The molecule has 13 heteroatoms. The van der Waals surface area contributed by atoms with Gasteiger partial charge in [0.25, 0.3) is 5.91 Å². The van der Waals surface area contributed by atoms with Gasteiger partial charge in [0.05, 0.1) is 28.8 Å². The lowest BCUT2D eigenvalue weighted by Gasteiger charge is -2.34. The molecule has 3 aromatic heterocycles. The van der Waals surface area contributed by atoms with Gasteiger partial charge < -0.3 is 20.9 Å². The molecule has 0 saturated heterocycles. The number of pyridine rings is 1. The summed E-state index contributed by atoms with van der Waals surface area (Å²) < 4.78 is 51.1. The maximum atomic E-state index is 14.0. The number of carbonyl (C=O) groups excluding carboxylic acids is 2. The van der Waals surface area contributed by atoms with Crippen molar-refractivity contribution < 1.29 is 22.5 Å². The highest BCUT2D eigenvalue weighted by molar-refractivity contribution is 6.00. The van der Waals surface area contributed by atoms with E-state index in [9.17, 15) is 18.4 Å². The fraction of sp³-hybridized carbons (Fsp3) is 0.391. The summed E-state index contributed by atoms with van der Waals surface area (Å²) in [5.41, 5.74) is 1.25. The van der Waals surface area contributed by atoms with Gasteiger partial charge >= 0.3 is 6.55 Å². The molecule has 36 heavy (non-hydrogen) atoms. The molecule has 0 radical (unpaired) electrons. The molecule has 1 atom stereocenters. The highest BCUT2D eigenvalue weighted by Crippen LogP contribution is 2.48. The zero-order valence-electron chi connectivity index (χ0n) is 22.6. The third kappa shape index (κ3) is 3.89. The van der Waals surface area contributed by atoms with Crippen molar-refractivity contribution in [1.82, 2.24) is 30.0 Å². The molecule has 1 aliphatic carbocycles. The number of nitrogens with one attached hydrogen (secondary N) is 3. The van der Waals surface area contributed by atoms with Crippen molar-refractivity contribution >= 4 is 34.8 Å². The number of aromatic nitrogens is 5. The van der Waals surface area contributed by atoms with Crippen molar-refractivity contribution in [3.05, 3.63) is 35.5 Å². The van der Waals surface area contributed by atoms with E-state index in [1.165, 1.54) is 19.2 Å². The van der Waals surface area contributed by atoms with Crippen LogP contribution in [0.5, 0.6) is 0 Å². The van der Waals surface area contributed by atoms with E-state index in [1.807, 2.05) is 17.1 Å². The van der Waals surface area contributed by atoms with Crippen LogP contribution >= 0.6 is 0 Å². The average Bonchev–Trinajstić information content (AvgIpc) is 3.63. The Balaban J connectivity index is 1.60. The van der Waals surface area contributed by atoms with Gasteiger partial charge in [0.15, 0.2) is 17.3 Å². The van der Waals surface area contributed by atoms with Gasteiger partial charge in [-0.25, -0.2) is 9.97 Å². The first-order valence-corrected chi connectivity index (χ1v) is 11.2. The van der Waals surface area contributed by atoms with Crippen LogP contribution in [0.4, 0.5) is 31.8 Å². The quantitative estimate of drug-likeness (QED) is 0.470. The standard InChI is InChI=1S/C23H25F2N9O2/c1-10-16-18(34(23(24)25)11(2)28-16)13-7-8-27-20(19(13)33(10)4)29-14-9-15(30-21(35)12-5-6-12)31-32-17(14)22(36)26-3/h7-10,12,23H,5-6H2,1-4H3,(H,26,36)(H2,27,29,30,31,35)/t10-/m1/s1/i3D3. The SMILES string of the molecule is [2H]C([2H])([2H])NC(=O)c1nnc(NC(=O)C2CC2)cc1Nc1nccc2c1N(C)[C@H](C)c1nc(C)n(C(F)F)c1-2. The topological polar surface area (TPSA) is 130 Å². The van der Waals surface area contributed by atoms with Gasteiger partial charge in [0.2, 0.25) is 5.91 Å². The van der Waals surface area contributed by atoms with E-state index in [-0.39, 0.29) is 46.4 Å². The molecule has 0 aromatic carbocycles. The van der Waals surface area contributed by atoms with Gasteiger partial charge in [-0.15, -0.1) is 10.2 Å². The number of anilines is 4. The van der Waals surface area contributed by atoms with Crippen molar-refractivity contribution in [2.24, 2.45) is 5.92 Å². The summed E-state index contributed by atoms with van der Waals surface area (Å²) in [7, 11) is 1.75. The van der Waals surface area contributed by atoms with Crippen molar-refractivity contribution in [3.63, 3.8) is 0 Å². The van der Waals surface area contributed by atoms with E-state index < -0.39 is 25.5 Å². The minimum atomic E-state index is -2.83. The Labute approximate surface area is 209 Å². The van der Waals surface area contributed by atoms with Crippen LogP contribution in [0.1, 0.15) is 58.5 Å². The molecular formula is C23H25F2N9O2. The second-order valence-corrected chi connectivity index (χ2v) is 8.72. The van der Waals surface area contributed by atoms with Gasteiger partial charge in [0, 0.05) is 41.9 Å². The predicted molar refractivity (Wildman–Crippen MR) is 128 cm³/mol.